The smallest absolute Gasteiger partial charge is 0.320 e. The average molecular weight is 738 g/mol. The number of ketones is 1. The molecule has 0 radical (unpaired) electrons. The molecule has 11 nitrogen and oxygen atoms in total. The number of Topliss-reactive ketones (excluding diaryl/α,β-unsaturated/α-hetero) is 1. The number of aliphatic imine (C=N–C) groups is 1. The number of rotatable bonds is 8. The molecule has 1 saturated heterocycles. The van der Waals surface area contributed by atoms with Crippen LogP contribution in [0.25, 0.3) is 5.57 Å². The van der Waals surface area contributed by atoms with Gasteiger partial charge < -0.3 is 20.5 Å². The predicted molar refractivity (Wildman–Crippen MR) is 210 cm³/mol. The Morgan fingerprint density at radius 1 is 1.11 bits per heavy atom. The van der Waals surface area contributed by atoms with Gasteiger partial charge in [-0.05, 0) is 72.3 Å². The van der Waals surface area contributed by atoms with Crippen molar-refractivity contribution in [1.82, 2.24) is 4.90 Å². The van der Waals surface area contributed by atoms with Crippen molar-refractivity contribution in [3.8, 4) is 0 Å². The summed E-state index contributed by atoms with van der Waals surface area (Å²) in [4.78, 5) is 47.8. The van der Waals surface area contributed by atoms with Crippen molar-refractivity contribution in [3.63, 3.8) is 0 Å². The van der Waals surface area contributed by atoms with Crippen molar-refractivity contribution in [2.75, 3.05) is 37.6 Å². The standard InChI is InChI=1S/C43H55N5O6/c1-6-41(4)24-36(42(5)27(2)15-17-43(28(3)40(41)51)18-16-35(49)39(42)43)54-38(50)26-46-19-21-47(22-20-46)30-13-11-29(12-14-30)32-23-37(44)45-25-33(32)31-9-7-8-10-34(31)48(52)53/h6-14,25,27-28,32,36,39-40,51H,1,15-24,26H2,2-5H3,(H2,44,45)/t27-,28+,32?,36-,39+,40+,41-,42+,43+/m1/s1. The van der Waals surface area contributed by atoms with E-state index in [0.29, 0.717) is 43.8 Å². The molecule has 288 valence electrons. The maximum absolute atomic E-state index is 13.8. The van der Waals surface area contributed by atoms with E-state index in [4.69, 9.17) is 10.5 Å². The Labute approximate surface area is 318 Å². The molecular weight excluding hydrogens is 683 g/mol. The number of nitro groups is 1. The van der Waals surface area contributed by atoms with Gasteiger partial charge in [0.25, 0.3) is 5.69 Å². The number of allylic oxidation sites excluding steroid dienone is 1. The van der Waals surface area contributed by atoms with Gasteiger partial charge in [0.05, 0.1) is 29.0 Å². The van der Waals surface area contributed by atoms with Crippen molar-refractivity contribution in [2.24, 2.45) is 44.7 Å². The fourth-order valence-corrected chi connectivity index (χ4v) is 11.0. The molecule has 5 aliphatic rings. The summed E-state index contributed by atoms with van der Waals surface area (Å²) in [6, 6.07) is 15.0. The van der Waals surface area contributed by atoms with Crippen LogP contribution in [0.1, 0.15) is 83.3 Å². The summed E-state index contributed by atoms with van der Waals surface area (Å²) in [5, 5.41) is 23.6. The number of esters is 1. The third-order valence-corrected chi connectivity index (χ3v) is 14.5. The van der Waals surface area contributed by atoms with Crippen LogP contribution in [-0.4, -0.2) is 77.4 Å². The van der Waals surface area contributed by atoms with Gasteiger partial charge in [0, 0.05) is 79.6 Å². The zero-order valence-corrected chi connectivity index (χ0v) is 32.1. The maximum Gasteiger partial charge on any atom is 0.320 e. The number of piperazine rings is 1. The molecule has 2 bridgehead atoms. The molecule has 3 saturated carbocycles. The molecule has 0 aromatic heterocycles. The lowest BCUT2D eigenvalue weighted by molar-refractivity contribution is -0.385. The number of carbonyl (C=O) groups is 2. The van der Waals surface area contributed by atoms with E-state index >= 15 is 0 Å². The maximum atomic E-state index is 13.8. The van der Waals surface area contributed by atoms with Crippen molar-refractivity contribution >= 4 is 34.5 Å². The lowest BCUT2D eigenvalue weighted by atomic mass is 9.44. The van der Waals surface area contributed by atoms with Crippen molar-refractivity contribution in [1.29, 1.82) is 0 Å². The number of amidine groups is 1. The van der Waals surface area contributed by atoms with Gasteiger partial charge in [-0.3, -0.25) is 24.6 Å². The fraction of sp³-hybridized carbons (Fsp3) is 0.558. The van der Waals surface area contributed by atoms with Gasteiger partial charge in [-0.2, -0.15) is 0 Å². The van der Waals surface area contributed by atoms with E-state index in [2.05, 4.69) is 66.4 Å². The van der Waals surface area contributed by atoms with Crippen LogP contribution in [0, 0.1) is 44.1 Å². The number of para-hydroxylation sites is 1. The highest BCUT2D eigenvalue weighted by Gasteiger charge is 2.68. The highest BCUT2D eigenvalue weighted by atomic mass is 16.6. The molecule has 1 unspecified atom stereocenters. The van der Waals surface area contributed by atoms with E-state index in [0.717, 1.165) is 49.2 Å². The number of aliphatic hydroxyl groups is 1. The van der Waals surface area contributed by atoms with Crippen molar-refractivity contribution in [3.05, 3.63) is 88.6 Å². The van der Waals surface area contributed by atoms with E-state index < -0.39 is 23.0 Å². The van der Waals surface area contributed by atoms with Gasteiger partial charge in [0.15, 0.2) is 0 Å². The highest BCUT2D eigenvalue weighted by Crippen LogP contribution is 2.68. The van der Waals surface area contributed by atoms with Crippen molar-refractivity contribution in [2.45, 2.75) is 84.3 Å². The molecule has 54 heavy (non-hydrogen) atoms. The van der Waals surface area contributed by atoms with Crippen LogP contribution in [0.4, 0.5) is 11.4 Å². The topological polar surface area (TPSA) is 152 Å². The van der Waals surface area contributed by atoms with Crippen molar-refractivity contribution < 1.29 is 24.4 Å². The number of anilines is 1. The lowest BCUT2D eigenvalue weighted by Crippen LogP contribution is -2.63. The van der Waals surface area contributed by atoms with Gasteiger partial charge in [-0.1, -0.05) is 58.0 Å². The Kier molecular flexibility index (Phi) is 10.1. The Balaban J connectivity index is 1.02. The monoisotopic (exact) mass is 737 g/mol. The number of nitro benzene ring substituents is 1. The van der Waals surface area contributed by atoms with Crippen LogP contribution in [0.2, 0.25) is 0 Å². The van der Waals surface area contributed by atoms with E-state index in [1.807, 2.05) is 13.0 Å². The second-order valence-corrected chi connectivity index (χ2v) is 17.2. The number of aliphatic hydroxyl groups excluding tert-OH is 1. The number of ether oxygens (including phenoxy) is 1. The quantitative estimate of drug-likeness (QED) is 0.134. The molecule has 0 amide bonds. The average Bonchev–Trinajstić information content (AvgIpc) is 3.53. The summed E-state index contributed by atoms with van der Waals surface area (Å²) < 4.78 is 6.51. The van der Waals surface area contributed by atoms with Gasteiger partial charge in [0.1, 0.15) is 11.9 Å². The SMILES string of the molecule is C=C[C@]1(C)C[C@@H](OC(=O)CN2CCN(c3ccc(C4CC(N)=NC=C4c4ccccc4[N+](=O)[O-])cc3)CC2)[C@]2(C)[C@H](C)CC[C@]3(CCC(=O)[C@H]32)[C@@H](C)[C@@H]1O. The third-order valence-electron chi connectivity index (χ3n) is 14.5. The van der Waals surface area contributed by atoms with Crippen LogP contribution < -0.4 is 10.6 Å². The summed E-state index contributed by atoms with van der Waals surface area (Å²) >= 11 is 0. The van der Waals surface area contributed by atoms with E-state index in [1.54, 1.807) is 24.4 Å². The molecule has 9 atom stereocenters. The number of hydrogen-bond donors (Lipinski definition) is 2. The summed E-state index contributed by atoms with van der Waals surface area (Å²) in [6.45, 7) is 15.6. The molecule has 7 rings (SSSR count). The minimum Gasteiger partial charge on any atom is -0.461 e. The third kappa shape index (κ3) is 6.36. The molecule has 3 N–H and O–H groups in total. The number of nitrogens with two attached hydrogens (primary N) is 1. The highest BCUT2D eigenvalue weighted by molar-refractivity contribution is 5.90. The summed E-state index contributed by atoms with van der Waals surface area (Å²) in [6.07, 6.45) is 6.31. The first-order valence-electron chi connectivity index (χ1n) is 19.6. The number of nitrogens with zero attached hydrogens (tertiary/aromatic N) is 4. The second-order valence-electron chi connectivity index (χ2n) is 17.2. The zero-order valence-electron chi connectivity index (χ0n) is 32.1. The predicted octanol–water partition coefficient (Wildman–Crippen LogP) is 6.51. The Morgan fingerprint density at radius 2 is 1.81 bits per heavy atom. The van der Waals surface area contributed by atoms with E-state index in [9.17, 15) is 24.8 Å². The van der Waals surface area contributed by atoms with Gasteiger partial charge in [-0.25, -0.2) is 4.99 Å². The molecule has 11 heteroatoms. The first-order valence-corrected chi connectivity index (χ1v) is 19.6. The normalized spacial score (nSPS) is 35.6. The molecule has 2 aromatic carbocycles. The zero-order chi connectivity index (χ0) is 38.6. The first-order chi connectivity index (χ1) is 25.7. The van der Waals surface area contributed by atoms with Crippen LogP contribution in [0.3, 0.4) is 0 Å². The number of benzene rings is 2. The largest absolute Gasteiger partial charge is 0.461 e. The van der Waals surface area contributed by atoms with E-state index in [1.165, 1.54) is 6.07 Å². The number of carbonyl (C=O) groups excluding carboxylic acids is 2. The van der Waals surface area contributed by atoms with Gasteiger partial charge in [-0.15, -0.1) is 6.58 Å². The molecule has 2 heterocycles. The second kappa shape index (κ2) is 14.4. The van der Waals surface area contributed by atoms with Crippen LogP contribution in [0.15, 0.2) is 72.4 Å². The fourth-order valence-electron chi connectivity index (χ4n) is 11.0. The Morgan fingerprint density at radius 3 is 2.50 bits per heavy atom. The van der Waals surface area contributed by atoms with Crippen LogP contribution >= 0.6 is 0 Å². The minimum atomic E-state index is -0.692. The van der Waals surface area contributed by atoms with Gasteiger partial charge >= 0.3 is 5.97 Å². The number of hydrogen-bond acceptors (Lipinski definition) is 10. The first kappa shape index (κ1) is 37.9. The van der Waals surface area contributed by atoms with E-state index in [-0.39, 0.29) is 58.0 Å². The summed E-state index contributed by atoms with van der Waals surface area (Å²) in [5.74, 6) is 0.149. The molecule has 4 fully saturated rings. The molecular formula is C43H55N5O6. The Hall–Kier alpha value is -4.35. The molecule has 2 aromatic rings. The minimum absolute atomic E-state index is 0.0415. The van der Waals surface area contributed by atoms with Crippen LogP contribution in [0.5, 0.6) is 0 Å². The summed E-state index contributed by atoms with van der Waals surface area (Å²) in [7, 11) is 0. The molecule has 0 spiro atoms. The summed E-state index contributed by atoms with van der Waals surface area (Å²) in [5.41, 5.74) is 8.06. The molecule has 3 aliphatic carbocycles. The van der Waals surface area contributed by atoms with Crippen LogP contribution in [-0.2, 0) is 14.3 Å². The lowest BCUT2D eigenvalue weighted by Gasteiger charge is -2.61. The molecule has 2 aliphatic heterocycles. The van der Waals surface area contributed by atoms with Gasteiger partial charge in [0.2, 0.25) is 0 Å². The Bertz CT molecular complexity index is 1870.